The Labute approximate surface area is 153 Å². The highest BCUT2D eigenvalue weighted by Gasteiger charge is 2.14. The molecule has 0 unspecified atom stereocenters. The third-order valence-electron chi connectivity index (χ3n) is 4.71. The minimum Gasteiger partial charge on any atom is -0.348 e. The summed E-state index contributed by atoms with van der Waals surface area (Å²) < 4.78 is 0. The van der Waals surface area contributed by atoms with Crippen molar-refractivity contribution in [1.82, 2.24) is 10.3 Å². The Hall–Kier alpha value is -3.14. The first-order valence-electron chi connectivity index (χ1n) is 8.95. The van der Waals surface area contributed by atoms with Gasteiger partial charge in [-0.1, -0.05) is 36.4 Å². The average molecular weight is 343 g/mol. The Morgan fingerprint density at radius 2 is 1.81 bits per heavy atom. The number of pyridine rings is 1. The Bertz CT molecular complexity index is 922. The first-order valence-corrected chi connectivity index (χ1v) is 8.95. The molecule has 2 aromatic carbocycles. The lowest BCUT2D eigenvalue weighted by molar-refractivity contribution is 0.0951. The molecule has 1 heterocycles. The number of carbonyl (C=O) groups excluding carboxylic acids is 1. The van der Waals surface area contributed by atoms with Crippen molar-refractivity contribution in [2.45, 2.75) is 25.8 Å². The molecule has 4 rings (SSSR count). The van der Waals surface area contributed by atoms with Crippen LogP contribution in [-0.4, -0.2) is 10.9 Å². The van der Waals surface area contributed by atoms with Gasteiger partial charge in [-0.05, 0) is 60.2 Å². The van der Waals surface area contributed by atoms with Gasteiger partial charge in [0.15, 0.2) is 0 Å². The number of hydrogen-bond acceptors (Lipinski definition) is 3. The van der Waals surface area contributed by atoms with Gasteiger partial charge in [-0.3, -0.25) is 4.79 Å². The molecule has 0 fully saturated rings. The van der Waals surface area contributed by atoms with Crippen molar-refractivity contribution in [1.29, 1.82) is 0 Å². The molecule has 130 valence electrons. The maximum Gasteiger partial charge on any atom is 0.255 e. The van der Waals surface area contributed by atoms with Crippen LogP contribution in [0.1, 0.15) is 33.5 Å². The van der Waals surface area contributed by atoms with E-state index in [1.807, 2.05) is 30.3 Å². The van der Waals surface area contributed by atoms with Gasteiger partial charge in [-0.25, -0.2) is 4.98 Å². The molecule has 0 spiro atoms. The summed E-state index contributed by atoms with van der Waals surface area (Å²) in [5, 5.41) is 6.27. The average Bonchev–Trinajstić information content (AvgIpc) is 3.15. The largest absolute Gasteiger partial charge is 0.348 e. The molecule has 2 N–H and O–H groups in total. The molecular formula is C22H21N3O. The van der Waals surface area contributed by atoms with Gasteiger partial charge in [0.05, 0.1) is 5.56 Å². The second-order valence-electron chi connectivity index (χ2n) is 6.53. The Balaban J connectivity index is 1.50. The topological polar surface area (TPSA) is 54.0 Å². The highest BCUT2D eigenvalue weighted by molar-refractivity contribution is 5.99. The highest BCUT2D eigenvalue weighted by atomic mass is 16.1. The number of rotatable bonds is 5. The van der Waals surface area contributed by atoms with Gasteiger partial charge in [0, 0.05) is 18.4 Å². The molecule has 4 heteroatoms. The van der Waals surface area contributed by atoms with Crippen molar-refractivity contribution < 1.29 is 4.79 Å². The number of anilines is 2. The quantitative estimate of drug-likeness (QED) is 0.728. The summed E-state index contributed by atoms with van der Waals surface area (Å²) in [5.74, 6) is 0.446. The first-order chi connectivity index (χ1) is 12.8. The van der Waals surface area contributed by atoms with Crippen molar-refractivity contribution in [3.8, 4) is 0 Å². The van der Waals surface area contributed by atoms with Crippen LogP contribution in [0.5, 0.6) is 0 Å². The summed E-state index contributed by atoms with van der Waals surface area (Å²) in [6.07, 6.45) is 5.20. The summed E-state index contributed by atoms with van der Waals surface area (Å²) in [6, 6.07) is 19.9. The second kappa shape index (κ2) is 7.40. The Kier molecular flexibility index (Phi) is 4.65. The number of aromatic nitrogens is 1. The third kappa shape index (κ3) is 3.59. The van der Waals surface area contributed by atoms with E-state index < -0.39 is 0 Å². The molecule has 4 nitrogen and oxygen atoms in total. The number of nitrogens with one attached hydrogen (secondary N) is 2. The number of benzene rings is 2. The smallest absolute Gasteiger partial charge is 0.255 e. The molecule has 1 aromatic heterocycles. The number of hydrogen-bond donors (Lipinski definition) is 2. The molecule has 1 aliphatic rings. The minimum absolute atomic E-state index is 0.134. The molecule has 1 aliphatic carbocycles. The summed E-state index contributed by atoms with van der Waals surface area (Å²) in [6.45, 7) is 0.493. The fourth-order valence-corrected chi connectivity index (χ4v) is 3.35. The lowest BCUT2D eigenvalue weighted by Gasteiger charge is -2.12. The number of amides is 1. The molecule has 0 saturated heterocycles. The third-order valence-corrected chi connectivity index (χ3v) is 4.71. The van der Waals surface area contributed by atoms with Crippen molar-refractivity contribution in [3.63, 3.8) is 0 Å². The number of fused-ring (bicyclic) bond motifs is 1. The molecule has 3 aromatic rings. The molecule has 0 radical (unpaired) electrons. The normalized spacial score (nSPS) is 12.5. The lowest BCUT2D eigenvalue weighted by atomic mass is 10.1. The maximum absolute atomic E-state index is 12.6. The van der Waals surface area contributed by atoms with E-state index in [0.29, 0.717) is 17.9 Å². The first kappa shape index (κ1) is 16.3. The van der Waals surface area contributed by atoms with Crippen LogP contribution < -0.4 is 10.6 Å². The van der Waals surface area contributed by atoms with Gasteiger partial charge < -0.3 is 10.6 Å². The second-order valence-corrected chi connectivity index (χ2v) is 6.53. The summed E-state index contributed by atoms with van der Waals surface area (Å²) in [7, 11) is 0. The lowest BCUT2D eigenvalue weighted by Crippen LogP contribution is -2.24. The van der Waals surface area contributed by atoms with Gasteiger partial charge in [-0.15, -0.1) is 0 Å². The van der Waals surface area contributed by atoms with Crippen molar-refractivity contribution in [2.24, 2.45) is 0 Å². The van der Waals surface area contributed by atoms with Crippen LogP contribution in [0.2, 0.25) is 0 Å². The van der Waals surface area contributed by atoms with E-state index in [-0.39, 0.29) is 5.91 Å². The predicted molar refractivity (Wildman–Crippen MR) is 104 cm³/mol. The zero-order valence-electron chi connectivity index (χ0n) is 14.5. The molecule has 0 aliphatic heterocycles. The van der Waals surface area contributed by atoms with Gasteiger partial charge in [-0.2, -0.15) is 0 Å². The van der Waals surface area contributed by atoms with Gasteiger partial charge in [0.2, 0.25) is 0 Å². The van der Waals surface area contributed by atoms with Crippen LogP contribution in [0.25, 0.3) is 0 Å². The van der Waals surface area contributed by atoms with Crippen molar-refractivity contribution in [2.75, 3.05) is 5.32 Å². The molecule has 0 atom stereocenters. The van der Waals surface area contributed by atoms with E-state index in [4.69, 9.17) is 0 Å². The zero-order valence-corrected chi connectivity index (χ0v) is 14.5. The van der Waals surface area contributed by atoms with Crippen LogP contribution in [0.3, 0.4) is 0 Å². The van der Waals surface area contributed by atoms with Gasteiger partial charge in [0.1, 0.15) is 5.82 Å². The molecule has 0 saturated carbocycles. The summed E-state index contributed by atoms with van der Waals surface area (Å²) >= 11 is 0. The fraction of sp³-hybridized carbons (Fsp3) is 0.182. The minimum atomic E-state index is -0.134. The van der Waals surface area contributed by atoms with E-state index in [0.717, 1.165) is 24.1 Å². The monoisotopic (exact) mass is 343 g/mol. The Morgan fingerprint density at radius 1 is 0.962 bits per heavy atom. The predicted octanol–water partition coefficient (Wildman–Crippen LogP) is 4.24. The van der Waals surface area contributed by atoms with Gasteiger partial charge in [0.25, 0.3) is 5.91 Å². The van der Waals surface area contributed by atoms with Crippen LogP contribution in [0.15, 0.2) is 66.9 Å². The molecular weight excluding hydrogens is 322 g/mol. The zero-order chi connectivity index (χ0) is 17.8. The standard InChI is InChI=1S/C22H21N3O/c26-22(24-15-16-6-2-1-3-7-16)20-10-5-13-23-21(20)25-19-12-11-17-8-4-9-18(17)14-19/h1-3,5-7,10-14H,4,8-9,15H2,(H,23,25)(H,24,26). The van der Waals surface area contributed by atoms with Crippen molar-refractivity contribution in [3.05, 3.63) is 89.1 Å². The molecule has 0 bridgehead atoms. The summed E-state index contributed by atoms with van der Waals surface area (Å²) in [4.78, 5) is 17.0. The SMILES string of the molecule is O=C(NCc1ccccc1)c1cccnc1Nc1ccc2c(c1)CCC2. The Morgan fingerprint density at radius 3 is 2.69 bits per heavy atom. The van der Waals surface area contributed by atoms with Crippen LogP contribution in [0, 0.1) is 0 Å². The fourth-order valence-electron chi connectivity index (χ4n) is 3.35. The number of nitrogens with zero attached hydrogens (tertiary/aromatic N) is 1. The van der Waals surface area contributed by atoms with Crippen LogP contribution in [0.4, 0.5) is 11.5 Å². The molecule has 26 heavy (non-hydrogen) atoms. The van der Waals surface area contributed by atoms with E-state index in [1.54, 1.807) is 18.3 Å². The van der Waals surface area contributed by atoms with Crippen molar-refractivity contribution >= 4 is 17.4 Å². The maximum atomic E-state index is 12.6. The van der Waals surface area contributed by atoms with Crippen LogP contribution >= 0.6 is 0 Å². The van der Waals surface area contributed by atoms with E-state index in [1.165, 1.54) is 17.5 Å². The van der Waals surface area contributed by atoms with E-state index in [9.17, 15) is 4.79 Å². The van der Waals surface area contributed by atoms with Crippen LogP contribution in [-0.2, 0) is 19.4 Å². The highest BCUT2D eigenvalue weighted by Crippen LogP contribution is 2.27. The summed E-state index contributed by atoms with van der Waals surface area (Å²) in [5.41, 5.74) is 5.40. The van der Waals surface area contributed by atoms with Gasteiger partial charge >= 0.3 is 0 Å². The van der Waals surface area contributed by atoms with E-state index >= 15 is 0 Å². The number of aryl methyl sites for hydroxylation is 2. The number of carbonyl (C=O) groups is 1. The van der Waals surface area contributed by atoms with E-state index in [2.05, 4.69) is 33.8 Å². The molecule has 1 amide bonds.